The molecule has 0 aliphatic carbocycles. The first-order valence-electron chi connectivity index (χ1n) is 6.36. The van der Waals surface area contributed by atoms with Gasteiger partial charge < -0.3 is 10.6 Å². The molecule has 1 aromatic rings. The Bertz CT molecular complexity index is 530. The monoisotopic (exact) mass is 299 g/mol. The number of aromatic nitrogens is 1. The molecule has 1 aliphatic heterocycles. The average Bonchev–Trinajstić information content (AvgIpc) is 2.41. The van der Waals surface area contributed by atoms with E-state index in [-0.39, 0.29) is 28.4 Å². The molecule has 2 amide bonds. The second-order valence-corrected chi connectivity index (χ2v) is 5.26. The summed E-state index contributed by atoms with van der Waals surface area (Å²) in [5.74, 6) is -1.05. The molecule has 0 atom stereocenters. The highest BCUT2D eigenvalue weighted by atomic mass is 35.5. The molecular formula is C13H15ClFN3O2. The fourth-order valence-corrected chi connectivity index (χ4v) is 2.55. The maximum atomic E-state index is 13.1. The largest absolute Gasteiger partial charge is 0.370 e. The number of halogens is 2. The van der Waals surface area contributed by atoms with E-state index in [9.17, 15) is 14.0 Å². The van der Waals surface area contributed by atoms with E-state index in [2.05, 4.69) is 4.98 Å². The maximum Gasteiger partial charge on any atom is 0.257 e. The van der Waals surface area contributed by atoms with Crippen LogP contribution in [-0.2, 0) is 4.79 Å². The van der Waals surface area contributed by atoms with Gasteiger partial charge in [-0.3, -0.25) is 9.59 Å². The van der Waals surface area contributed by atoms with E-state index < -0.39 is 5.82 Å². The Kier molecular flexibility index (Phi) is 4.54. The number of nitrogens with zero attached hydrogens (tertiary/aromatic N) is 2. The highest BCUT2D eigenvalue weighted by molar-refractivity contribution is 6.32. The number of carbonyl (C=O) groups is 2. The van der Waals surface area contributed by atoms with E-state index >= 15 is 0 Å². The maximum absolute atomic E-state index is 13.1. The molecule has 2 rings (SSSR count). The lowest BCUT2D eigenvalue weighted by molar-refractivity contribution is -0.119. The zero-order valence-corrected chi connectivity index (χ0v) is 11.6. The number of pyridine rings is 1. The summed E-state index contributed by atoms with van der Waals surface area (Å²) in [6.45, 7) is 1.01. The molecule has 5 nitrogen and oxygen atoms in total. The Labute approximate surface area is 120 Å². The minimum Gasteiger partial charge on any atom is -0.370 e. The summed E-state index contributed by atoms with van der Waals surface area (Å²) < 4.78 is 13.1. The minimum absolute atomic E-state index is 0.00402. The second-order valence-electron chi connectivity index (χ2n) is 4.90. The predicted molar refractivity (Wildman–Crippen MR) is 71.6 cm³/mol. The molecular weight excluding hydrogens is 285 g/mol. The van der Waals surface area contributed by atoms with Crippen molar-refractivity contribution in [3.8, 4) is 0 Å². The lowest BCUT2D eigenvalue weighted by atomic mass is 9.93. The van der Waals surface area contributed by atoms with Gasteiger partial charge in [-0.2, -0.15) is 0 Å². The topological polar surface area (TPSA) is 76.3 Å². The van der Waals surface area contributed by atoms with E-state index in [0.29, 0.717) is 32.4 Å². The summed E-state index contributed by atoms with van der Waals surface area (Å²) in [6.07, 6.45) is 2.71. The number of rotatable bonds is 3. The van der Waals surface area contributed by atoms with Crippen molar-refractivity contribution in [2.45, 2.75) is 19.3 Å². The van der Waals surface area contributed by atoms with Crippen molar-refractivity contribution < 1.29 is 14.0 Å². The van der Waals surface area contributed by atoms with Crippen molar-refractivity contribution in [3.05, 3.63) is 28.8 Å². The number of piperidine rings is 1. The van der Waals surface area contributed by atoms with Gasteiger partial charge in [-0.1, -0.05) is 11.6 Å². The third kappa shape index (κ3) is 3.45. The minimum atomic E-state index is -0.596. The molecule has 0 saturated carbocycles. The number of hydrogen-bond acceptors (Lipinski definition) is 3. The Balaban J connectivity index is 2.01. The number of primary amides is 1. The molecule has 1 fully saturated rings. The molecule has 20 heavy (non-hydrogen) atoms. The lowest BCUT2D eigenvalue weighted by Crippen LogP contribution is -2.39. The second kappa shape index (κ2) is 6.17. The Morgan fingerprint density at radius 1 is 1.45 bits per heavy atom. The van der Waals surface area contributed by atoms with Gasteiger partial charge in [-0.05, 0) is 24.8 Å². The molecule has 1 aliphatic rings. The van der Waals surface area contributed by atoms with Crippen LogP contribution in [0.15, 0.2) is 12.3 Å². The predicted octanol–water partition coefficient (Wildman–Crippen LogP) is 1.60. The van der Waals surface area contributed by atoms with Crippen LogP contribution in [0.25, 0.3) is 0 Å². The number of likely N-dealkylation sites (tertiary alicyclic amines) is 1. The average molecular weight is 300 g/mol. The molecule has 0 unspecified atom stereocenters. The van der Waals surface area contributed by atoms with Crippen molar-refractivity contribution in [2.24, 2.45) is 11.7 Å². The summed E-state index contributed by atoms with van der Waals surface area (Å²) in [5, 5.41) is -0.00402. The molecule has 0 radical (unpaired) electrons. The molecule has 108 valence electrons. The van der Waals surface area contributed by atoms with Gasteiger partial charge in [0.2, 0.25) is 5.91 Å². The van der Waals surface area contributed by atoms with E-state index in [1.165, 1.54) is 0 Å². The Morgan fingerprint density at radius 3 is 2.70 bits per heavy atom. The molecule has 2 N–H and O–H groups in total. The van der Waals surface area contributed by atoms with E-state index in [1.807, 2.05) is 0 Å². The van der Waals surface area contributed by atoms with Crippen LogP contribution in [0.1, 0.15) is 29.6 Å². The summed E-state index contributed by atoms with van der Waals surface area (Å²) in [6, 6.07) is 1.09. The molecule has 1 saturated heterocycles. The van der Waals surface area contributed by atoms with E-state index in [4.69, 9.17) is 17.3 Å². The Hall–Kier alpha value is -1.69. The van der Waals surface area contributed by atoms with Crippen LogP contribution in [0, 0.1) is 11.7 Å². The van der Waals surface area contributed by atoms with Gasteiger partial charge >= 0.3 is 0 Å². The summed E-state index contributed by atoms with van der Waals surface area (Å²) in [5.41, 5.74) is 5.23. The van der Waals surface area contributed by atoms with Gasteiger partial charge in [0, 0.05) is 19.5 Å². The molecule has 0 bridgehead atoms. The smallest absolute Gasteiger partial charge is 0.257 e. The van der Waals surface area contributed by atoms with E-state index in [1.54, 1.807) is 4.90 Å². The number of carbonyl (C=O) groups excluding carboxylic acids is 2. The lowest BCUT2D eigenvalue weighted by Gasteiger charge is -2.31. The van der Waals surface area contributed by atoms with Crippen LogP contribution in [0.3, 0.4) is 0 Å². The van der Waals surface area contributed by atoms with Gasteiger partial charge in [-0.25, -0.2) is 9.37 Å². The van der Waals surface area contributed by atoms with Crippen LogP contribution in [0.4, 0.5) is 4.39 Å². The van der Waals surface area contributed by atoms with Crippen molar-refractivity contribution in [1.29, 1.82) is 0 Å². The number of nitrogens with two attached hydrogens (primary N) is 1. The fraction of sp³-hybridized carbons (Fsp3) is 0.462. The zero-order chi connectivity index (χ0) is 14.7. The third-order valence-corrected chi connectivity index (χ3v) is 3.73. The van der Waals surface area contributed by atoms with Gasteiger partial charge in [0.05, 0.1) is 11.8 Å². The summed E-state index contributed by atoms with van der Waals surface area (Å²) >= 11 is 5.82. The van der Waals surface area contributed by atoms with Crippen LogP contribution in [-0.4, -0.2) is 34.8 Å². The quantitative estimate of drug-likeness (QED) is 0.861. The molecule has 2 heterocycles. The van der Waals surface area contributed by atoms with Gasteiger partial charge in [0.15, 0.2) is 0 Å². The first kappa shape index (κ1) is 14.7. The number of hydrogen-bond donors (Lipinski definition) is 1. The van der Waals surface area contributed by atoms with Gasteiger partial charge in [-0.15, -0.1) is 0 Å². The summed E-state index contributed by atoms with van der Waals surface area (Å²) in [4.78, 5) is 28.3. The fourth-order valence-electron chi connectivity index (χ4n) is 2.37. The Morgan fingerprint density at radius 2 is 2.10 bits per heavy atom. The number of amides is 2. The molecule has 7 heteroatoms. The van der Waals surface area contributed by atoms with Crippen molar-refractivity contribution >= 4 is 23.4 Å². The third-order valence-electron chi connectivity index (χ3n) is 3.43. The highest BCUT2D eigenvalue weighted by Gasteiger charge is 2.26. The normalized spacial score (nSPS) is 16.2. The molecule has 0 spiro atoms. The van der Waals surface area contributed by atoms with Crippen LogP contribution in [0.5, 0.6) is 0 Å². The van der Waals surface area contributed by atoms with Crippen molar-refractivity contribution in [1.82, 2.24) is 9.88 Å². The highest BCUT2D eigenvalue weighted by Crippen LogP contribution is 2.23. The van der Waals surface area contributed by atoms with Crippen LogP contribution < -0.4 is 5.73 Å². The first-order chi connectivity index (χ1) is 9.47. The summed E-state index contributed by atoms with van der Waals surface area (Å²) in [7, 11) is 0. The van der Waals surface area contributed by atoms with Gasteiger partial charge in [0.1, 0.15) is 11.0 Å². The van der Waals surface area contributed by atoms with E-state index in [0.717, 1.165) is 12.3 Å². The van der Waals surface area contributed by atoms with Crippen molar-refractivity contribution in [2.75, 3.05) is 13.1 Å². The first-order valence-corrected chi connectivity index (χ1v) is 6.74. The van der Waals surface area contributed by atoms with Gasteiger partial charge in [0.25, 0.3) is 5.91 Å². The zero-order valence-electron chi connectivity index (χ0n) is 10.8. The van der Waals surface area contributed by atoms with Crippen LogP contribution in [0.2, 0.25) is 5.15 Å². The molecule has 0 aromatic carbocycles. The SMILES string of the molecule is NC(=O)CC1CCN(C(=O)c2cc(F)cnc2Cl)CC1. The van der Waals surface area contributed by atoms with Crippen molar-refractivity contribution in [3.63, 3.8) is 0 Å². The standard InChI is InChI=1S/C13H15ClFN3O2/c14-12-10(6-9(15)7-17-12)13(20)18-3-1-8(2-4-18)5-11(16)19/h6-8H,1-5H2,(H2,16,19). The molecule has 1 aromatic heterocycles. The van der Waals surface area contributed by atoms with Crippen LogP contribution >= 0.6 is 11.6 Å².